The molecule has 0 saturated carbocycles. The van der Waals surface area contributed by atoms with Gasteiger partial charge in [-0.1, -0.05) is 13.8 Å². The molecule has 2 amide bonds. The molecular weight excluding hydrogens is 268 g/mol. The Labute approximate surface area is 125 Å². The quantitative estimate of drug-likeness (QED) is 0.820. The molecule has 1 unspecified atom stereocenters. The summed E-state index contributed by atoms with van der Waals surface area (Å²) in [5.41, 5.74) is 1.01. The van der Waals surface area contributed by atoms with Gasteiger partial charge in [-0.2, -0.15) is 5.10 Å². The van der Waals surface area contributed by atoms with E-state index in [2.05, 4.69) is 29.4 Å². The van der Waals surface area contributed by atoms with Crippen molar-refractivity contribution >= 4 is 11.8 Å². The highest BCUT2D eigenvalue weighted by Gasteiger charge is 2.30. The lowest BCUT2D eigenvalue weighted by molar-refractivity contribution is -0.138. The maximum Gasteiger partial charge on any atom is 0.224 e. The Balaban J connectivity index is 1.77. The second-order valence-corrected chi connectivity index (χ2v) is 6.05. The molecule has 2 rings (SSSR count). The number of nitrogens with one attached hydrogen (secondary N) is 2. The summed E-state index contributed by atoms with van der Waals surface area (Å²) in [6.07, 6.45) is 3.58. The number of aromatic nitrogens is 2. The molecule has 6 nitrogen and oxygen atoms in total. The van der Waals surface area contributed by atoms with Crippen LogP contribution in [-0.4, -0.2) is 46.5 Å². The molecule has 1 aromatic rings. The topological polar surface area (TPSA) is 78.1 Å². The average molecular weight is 292 g/mol. The number of hydrogen-bond donors (Lipinski definition) is 2. The van der Waals surface area contributed by atoms with Crippen LogP contribution in [0.1, 0.15) is 32.4 Å². The van der Waals surface area contributed by atoms with Gasteiger partial charge in [0.15, 0.2) is 0 Å². The maximum absolute atomic E-state index is 12.2. The molecule has 21 heavy (non-hydrogen) atoms. The fraction of sp³-hybridized carbons (Fsp3) is 0.667. The van der Waals surface area contributed by atoms with Crippen LogP contribution in [0, 0.1) is 11.8 Å². The predicted molar refractivity (Wildman–Crippen MR) is 79.4 cm³/mol. The standard InChI is InChI=1S/C15H24N4O2/c1-11(2)9-19-10-12(3-4-14(19)20)15(21)16-7-5-13-6-8-17-18-13/h6,8,11-12H,3-5,7,9-10H2,1-2H3,(H,16,21)(H,17,18). The molecule has 0 aromatic carbocycles. The van der Waals surface area contributed by atoms with Gasteiger partial charge in [0.1, 0.15) is 0 Å². The van der Waals surface area contributed by atoms with Crippen LogP contribution in [-0.2, 0) is 16.0 Å². The van der Waals surface area contributed by atoms with E-state index in [1.54, 1.807) is 6.20 Å². The lowest BCUT2D eigenvalue weighted by atomic mass is 9.95. The van der Waals surface area contributed by atoms with Gasteiger partial charge >= 0.3 is 0 Å². The highest BCUT2D eigenvalue weighted by Crippen LogP contribution is 2.18. The number of H-pyrrole nitrogens is 1. The van der Waals surface area contributed by atoms with Crippen LogP contribution in [0.15, 0.2) is 12.3 Å². The first-order valence-electron chi connectivity index (χ1n) is 7.60. The zero-order chi connectivity index (χ0) is 15.2. The molecule has 1 saturated heterocycles. The van der Waals surface area contributed by atoms with E-state index >= 15 is 0 Å². The number of carbonyl (C=O) groups excluding carboxylic acids is 2. The van der Waals surface area contributed by atoms with Crippen molar-refractivity contribution in [3.63, 3.8) is 0 Å². The van der Waals surface area contributed by atoms with E-state index in [1.165, 1.54) is 0 Å². The van der Waals surface area contributed by atoms with Gasteiger partial charge in [-0.3, -0.25) is 14.7 Å². The molecule has 0 bridgehead atoms. The minimum atomic E-state index is -0.0804. The van der Waals surface area contributed by atoms with Crippen molar-refractivity contribution in [1.82, 2.24) is 20.4 Å². The van der Waals surface area contributed by atoms with Crippen molar-refractivity contribution in [2.75, 3.05) is 19.6 Å². The van der Waals surface area contributed by atoms with Gasteiger partial charge in [0.25, 0.3) is 0 Å². The average Bonchev–Trinajstić information content (AvgIpc) is 2.94. The van der Waals surface area contributed by atoms with Crippen LogP contribution >= 0.6 is 0 Å². The molecule has 1 fully saturated rings. The molecule has 1 aliphatic heterocycles. The molecule has 0 radical (unpaired) electrons. The van der Waals surface area contributed by atoms with Gasteiger partial charge in [-0.25, -0.2) is 0 Å². The lowest BCUT2D eigenvalue weighted by Crippen LogP contribution is -2.47. The predicted octanol–water partition coefficient (Wildman–Crippen LogP) is 0.963. The van der Waals surface area contributed by atoms with E-state index in [-0.39, 0.29) is 17.7 Å². The molecule has 1 aromatic heterocycles. The lowest BCUT2D eigenvalue weighted by Gasteiger charge is -2.33. The Morgan fingerprint density at radius 2 is 2.38 bits per heavy atom. The summed E-state index contributed by atoms with van der Waals surface area (Å²) in [6.45, 7) is 6.04. The minimum Gasteiger partial charge on any atom is -0.355 e. The summed E-state index contributed by atoms with van der Waals surface area (Å²) in [4.78, 5) is 25.9. The van der Waals surface area contributed by atoms with E-state index in [1.807, 2.05) is 11.0 Å². The van der Waals surface area contributed by atoms with E-state index in [9.17, 15) is 9.59 Å². The largest absolute Gasteiger partial charge is 0.355 e. The van der Waals surface area contributed by atoms with Crippen LogP contribution < -0.4 is 5.32 Å². The monoisotopic (exact) mass is 292 g/mol. The Morgan fingerprint density at radius 3 is 3.05 bits per heavy atom. The van der Waals surface area contributed by atoms with Gasteiger partial charge < -0.3 is 10.2 Å². The highest BCUT2D eigenvalue weighted by molar-refractivity contribution is 5.83. The third kappa shape index (κ3) is 4.58. The zero-order valence-electron chi connectivity index (χ0n) is 12.8. The van der Waals surface area contributed by atoms with E-state index < -0.39 is 0 Å². The third-order valence-corrected chi connectivity index (χ3v) is 3.71. The zero-order valence-corrected chi connectivity index (χ0v) is 12.8. The molecular formula is C15H24N4O2. The number of hydrogen-bond acceptors (Lipinski definition) is 3. The van der Waals surface area contributed by atoms with Crippen LogP contribution in [0.2, 0.25) is 0 Å². The first kappa shape index (κ1) is 15.5. The second-order valence-electron chi connectivity index (χ2n) is 6.05. The van der Waals surface area contributed by atoms with Crippen molar-refractivity contribution in [1.29, 1.82) is 0 Å². The molecule has 1 aliphatic rings. The Hall–Kier alpha value is -1.85. The molecule has 0 spiro atoms. The fourth-order valence-electron chi connectivity index (χ4n) is 2.63. The Kier molecular flexibility index (Phi) is 5.36. The summed E-state index contributed by atoms with van der Waals surface area (Å²) in [7, 11) is 0. The highest BCUT2D eigenvalue weighted by atomic mass is 16.2. The Morgan fingerprint density at radius 1 is 1.57 bits per heavy atom. The summed E-state index contributed by atoms with van der Waals surface area (Å²) in [5, 5.41) is 9.70. The first-order valence-corrected chi connectivity index (χ1v) is 7.60. The maximum atomic E-state index is 12.2. The van der Waals surface area contributed by atoms with Crippen molar-refractivity contribution in [2.45, 2.75) is 33.1 Å². The number of likely N-dealkylation sites (tertiary alicyclic amines) is 1. The van der Waals surface area contributed by atoms with Gasteiger partial charge in [-0.15, -0.1) is 0 Å². The third-order valence-electron chi connectivity index (χ3n) is 3.71. The van der Waals surface area contributed by atoms with Crippen LogP contribution in [0.4, 0.5) is 0 Å². The summed E-state index contributed by atoms with van der Waals surface area (Å²) < 4.78 is 0. The van der Waals surface area contributed by atoms with Crippen molar-refractivity contribution in [3.8, 4) is 0 Å². The number of rotatable bonds is 6. The van der Waals surface area contributed by atoms with Gasteiger partial charge in [0.05, 0.1) is 5.92 Å². The molecule has 0 aliphatic carbocycles. The summed E-state index contributed by atoms with van der Waals surface area (Å²) in [6, 6.07) is 1.90. The van der Waals surface area contributed by atoms with E-state index in [0.717, 1.165) is 18.7 Å². The number of carbonyl (C=O) groups is 2. The normalized spacial score (nSPS) is 19.1. The molecule has 2 heterocycles. The summed E-state index contributed by atoms with van der Waals surface area (Å²) >= 11 is 0. The van der Waals surface area contributed by atoms with Crippen LogP contribution in [0.25, 0.3) is 0 Å². The van der Waals surface area contributed by atoms with Gasteiger partial charge in [-0.05, 0) is 18.4 Å². The SMILES string of the molecule is CC(C)CN1CC(C(=O)NCCc2ccn[nH]2)CCC1=O. The number of aromatic amines is 1. The molecule has 6 heteroatoms. The Bertz CT molecular complexity index is 470. The van der Waals surface area contributed by atoms with Crippen LogP contribution in [0.5, 0.6) is 0 Å². The van der Waals surface area contributed by atoms with E-state index in [0.29, 0.717) is 31.8 Å². The number of amides is 2. The van der Waals surface area contributed by atoms with Gasteiger partial charge in [0.2, 0.25) is 11.8 Å². The molecule has 116 valence electrons. The second kappa shape index (κ2) is 7.24. The minimum absolute atomic E-state index is 0.0516. The first-order chi connectivity index (χ1) is 10.1. The van der Waals surface area contributed by atoms with E-state index in [4.69, 9.17) is 0 Å². The van der Waals surface area contributed by atoms with Crippen LogP contribution in [0.3, 0.4) is 0 Å². The molecule has 1 atom stereocenters. The number of piperidine rings is 1. The number of nitrogens with zero attached hydrogens (tertiary/aromatic N) is 2. The van der Waals surface area contributed by atoms with Gasteiger partial charge in [0, 0.05) is 44.4 Å². The van der Waals surface area contributed by atoms with Crippen molar-refractivity contribution in [2.24, 2.45) is 11.8 Å². The molecule has 2 N–H and O–H groups in total. The van der Waals surface area contributed by atoms with Crippen molar-refractivity contribution < 1.29 is 9.59 Å². The fourth-order valence-corrected chi connectivity index (χ4v) is 2.63. The van der Waals surface area contributed by atoms with Crippen molar-refractivity contribution in [3.05, 3.63) is 18.0 Å². The summed E-state index contributed by atoms with van der Waals surface area (Å²) in [5.74, 6) is 0.570. The smallest absolute Gasteiger partial charge is 0.224 e.